The number of aryl methyl sites for hydroxylation is 1. The van der Waals surface area contributed by atoms with Crippen LogP contribution < -0.4 is 10.6 Å². The topological polar surface area (TPSA) is 76.0 Å². The molecule has 1 heterocycles. The number of nitrogens with one attached hydrogen (secondary N) is 2. The predicted octanol–water partition coefficient (Wildman–Crippen LogP) is 4.03. The van der Waals surface area contributed by atoms with Crippen LogP contribution in [0.3, 0.4) is 0 Å². The SMILES string of the molecule is CC(C)C(=O)NCCCc1nc2ccccc2n1CC(=O)Nc1cccc(Cl)c1. The Kier molecular flexibility index (Phi) is 6.88. The molecule has 0 radical (unpaired) electrons. The molecule has 2 N–H and O–H groups in total. The summed E-state index contributed by atoms with van der Waals surface area (Å²) >= 11 is 5.99. The van der Waals surface area contributed by atoms with Crippen LogP contribution >= 0.6 is 11.6 Å². The average molecular weight is 413 g/mol. The van der Waals surface area contributed by atoms with E-state index in [0.29, 0.717) is 23.7 Å². The smallest absolute Gasteiger partial charge is 0.244 e. The number of nitrogens with zero attached hydrogens (tertiary/aromatic N) is 2. The summed E-state index contributed by atoms with van der Waals surface area (Å²) in [6.07, 6.45) is 1.41. The Morgan fingerprint density at radius 3 is 2.69 bits per heavy atom. The van der Waals surface area contributed by atoms with Crippen molar-refractivity contribution < 1.29 is 9.59 Å². The molecule has 0 aliphatic rings. The molecule has 0 spiro atoms. The number of hydrogen-bond acceptors (Lipinski definition) is 3. The normalized spacial score (nSPS) is 11.0. The number of carbonyl (C=O) groups excluding carboxylic acids is 2. The summed E-state index contributed by atoms with van der Waals surface area (Å²) in [5.74, 6) is 0.685. The molecule has 152 valence electrons. The van der Waals surface area contributed by atoms with Crippen LogP contribution in [0.1, 0.15) is 26.1 Å². The molecule has 6 nitrogen and oxygen atoms in total. The van der Waals surface area contributed by atoms with Crippen molar-refractivity contribution in [2.75, 3.05) is 11.9 Å². The summed E-state index contributed by atoms with van der Waals surface area (Å²) in [5.41, 5.74) is 2.42. The standard InChI is InChI=1S/C22H25ClN4O2/c1-15(2)22(29)24-12-6-11-20-26-18-9-3-4-10-19(18)27(20)14-21(28)25-17-8-5-7-16(23)13-17/h3-5,7-10,13,15H,6,11-12,14H2,1-2H3,(H,24,29)(H,25,28). The minimum atomic E-state index is -0.148. The van der Waals surface area contributed by atoms with Gasteiger partial charge >= 0.3 is 0 Å². The van der Waals surface area contributed by atoms with Gasteiger partial charge in [-0.2, -0.15) is 0 Å². The summed E-state index contributed by atoms with van der Waals surface area (Å²) < 4.78 is 1.93. The molecule has 3 rings (SSSR count). The van der Waals surface area contributed by atoms with Gasteiger partial charge in [-0.3, -0.25) is 9.59 Å². The molecule has 1 aromatic heterocycles. The third-order valence-corrected chi connectivity index (χ3v) is 4.78. The van der Waals surface area contributed by atoms with Crippen LogP contribution in [0, 0.1) is 5.92 Å². The fourth-order valence-electron chi connectivity index (χ4n) is 3.07. The number of carbonyl (C=O) groups is 2. The van der Waals surface area contributed by atoms with Crippen LogP contribution in [0.2, 0.25) is 5.02 Å². The number of amides is 2. The van der Waals surface area contributed by atoms with Gasteiger partial charge in [-0.25, -0.2) is 4.98 Å². The maximum absolute atomic E-state index is 12.6. The van der Waals surface area contributed by atoms with E-state index >= 15 is 0 Å². The summed E-state index contributed by atoms with van der Waals surface area (Å²) in [5, 5.41) is 6.36. The molecule has 0 bridgehead atoms. The molecular formula is C22H25ClN4O2. The Morgan fingerprint density at radius 2 is 1.93 bits per heavy atom. The third-order valence-electron chi connectivity index (χ3n) is 4.54. The van der Waals surface area contributed by atoms with E-state index < -0.39 is 0 Å². The van der Waals surface area contributed by atoms with E-state index in [4.69, 9.17) is 11.6 Å². The summed E-state index contributed by atoms with van der Waals surface area (Å²) in [6, 6.07) is 14.8. The van der Waals surface area contributed by atoms with Gasteiger partial charge in [0.2, 0.25) is 11.8 Å². The van der Waals surface area contributed by atoms with E-state index in [1.807, 2.05) is 42.7 Å². The first kappa shape index (κ1) is 20.9. The van der Waals surface area contributed by atoms with Gasteiger partial charge in [0.05, 0.1) is 11.0 Å². The largest absolute Gasteiger partial charge is 0.356 e. The minimum Gasteiger partial charge on any atom is -0.356 e. The van der Waals surface area contributed by atoms with Crippen LogP contribution in [0.4, 0.5) is 5.69 Å². The highest BCUT2D eigenvalue weighted by atomic mass is 35.5. The number of fused-ring (bicyclic) bond motifs is 1. The number of aromatic nitrogens is 2. The molecule has 2 aromatic carbocycles. The van der Waals surface area contributed by atoms with E-state index in [0.717, 1.165) is 23.3 Å². The van der Waals surface area contributed by atoms with E-state index in [1.54, 1.807) is 24.3 Å². The van der Waals surface area contributed by atoms with Crippen molar-refractivity contribution in [3.05, 3.63) is 59.4 Å². The van der Waals surface area contributed by atoms with Crippen molar-refractivity contribution in [2.45, 2.75) is 33.2 Å². The quantitative estimate of drug-likeness (QED) is 0.548. The number of halogens is 1. The van der Waals surface area contributed by atoms with E-state index in [9.17, 15) is 9.59 Å². The van der Waals surface area contributed by atoms with Crippen LogP contribution in [0.5, 0.6) is 0 Å². The van der Waals surface area contributed by atoms with Crippen molar-refractivity contribution in [3.8, 4) is 0 Å². The fraction of sp³-hybridized carbons (Fsp3) is 0.318. The molecule has 0 fully saturated rings. The van der Waals surface area contributed by atoms with Crippen LogP contribution in [-0.2, 0) is 22.6 Å². The van der Waals surface area contributed by atoms with Gasteiger partial charge in [0, 0.05) is 29.6 Å². The molecule has 2 amide bonds. The Morgan fingerprint density at radius 1 is 1.14 bits per heavy atom. The summed E-state index contributed by atoms with van der Waals surface area (Å²) in [7, 11) is 0. The number of anilines is 1. The molecule has 0 aliphatic heterocycles. The maximum Gasteiger partial charge on any atom is 0.244 e. The van der Waals surface area contributed by atoms with E-state index in [1.165, 1.54) is 0 Å². The number of benzene rings is 2. The van der Waals surface area contributed by atoms with Crippen LogP contribution in [0.15, 0.2) is 48.5 Å². The Labute approximate surface area is 175 Å². The lowest BCUT2D eigenvalue weighted by molar-refractivity contribution is -0.124. The zero-order valence-electron chi connectivity index (χ0n) is 16.6. The third kappa shape index (κ3) is 5.57. The highest BCUT2D eigenvalue weighted by Gasteiger charge is 2.14. The summed E-state index contributed by atoms with van der Waals surface area (Å²) in [6.45, 7) is 4.47. The summed E-state index contributed by atoms with van der Waals surface area (Å²) in [4.78, 5) is 29.0. The Bertz CT molecular complexity index is 1010. The maximum atomic E-state index is 12.6. The second-order valence-electron chi connectivity index (χ2n) is 7.21. The number of imidazole rings is 1. The average Bonchev–Trinajstić information content (AvgIpc) is 3.02. The second-order valence-corrected chi connectivity index (χ2v) is 7.65. The molecule has 0 unspecified atom stereocenters. The van der Waals surface area contributed by atoms with Crippen molar-refractivity contribution in [1.82, 2.24) is 14.9 Å². The van der Waals surface area contributed by atoms with Gasteiger partial charge in [0.25, 0.3) is 0 Å². The van der Waals surface area contributed by atoms with E-state index in [-0.39, 0.29) is 24.3 Å². The van der Waals surface area contributed by atoms with Crippen molar-refractivity contribution in [1.29, 1.82) is 0 Å². The minimum absolute atomic E-state index is 0.0326. The lowest BCUT2D eigenvalue weighted by atomic mass is 10.2. The number of para-hydroxylation sites is 2. The molecule has 0 atom stereocenters. The van der Waals surface area contributed by atoms with Crippen molar-refractivity contribution in [2.24, 2.45) is 5.92 Å². The van der Waals surface area contributed by atoms with Gasteiger partial charge in [-0.05, 0) is 36.8 Å². The second kappa shape index (κ2) is 9.56. The van der Waals surface area contributed by atoms with Crippen LogP contribution in [0.25, 0.3) is 11.0 Å². The lowest BCUT2D eigenvalue weighted by Crippen LogP contribution is -2.29. The highest BCUT2D eigenvalue weighted by Crippen LogP contribution is 2.18. The monoisotopic (exact) mass is 412 g/mol. The molecule has 3 aromatic rings. The van der Waals surface area contributed by atoms with Gasteiger partial charge < -0.3 is 15.2 Å². The first-order chi connectivity index (χ1) is 13.9. The first-order valence-electron chi connectivity index (χ1n) is 9.71. The molecule has 29 heavy (non-hydrogen) atoms. The fourth-order valence-corrected chi connectivity index (χ4v) is 3.26. The zero-order chi connectivity index (χ0) is 20.8. The van der Waals surface area contributed by atoms with Gasteiger partial charge in [-0.1, -0.05) is 43.6 Å². The van der Waals surface area contributed by atoms with Gasteiger partial charge in [0.1, 0.15) is 12.4 Å². The van der Waals surface area contributed by atoms with Gasteiger partial charge in [0.15, 0.2) is 0 Å². The highest BCUT2D eigenvalue weighted by molar-refractivity contribution is 6.30. The van der Waals surface area contributed by atoms with Crippen molar-refractivity contribution >= 4 is 40.1 Å². The lowest BCUT2D eigenvalue weighted by Gasteiger charge is -2.11. The molecular weight excluding hydrogens is 388 g/mol. The van der Waals surface area contributed by atoms with Crippen molar-refractivity contribution in [3.63, 3.8) is 0 Å². The van der Waals surface area contributed by atoms with Gasteiger partial charge in [-0.15, -0.1) is 0 Å². The number of rotatable bonds is 8. The predicted molar refractivity (Wildman–Crippen MR) is 116 cm³/mol. The first-order valence-corrected chi connectivity index (χ1v) is 10.1. The Balaban J connectivity index is 1.71. The van der Waals surface area contributed by atoms with E-state index in [2.05, 4.69) is 15.6 Å². The Hall–Kier alpha value is -2.86. The van der Waals surface area contributed by atoms with Crippen LogP contribution in [-0.4, -0.2) is 27.9 Å². The number of hydrogen-bond donors (Lipinski definition) is 2. The molecule has 7 heteroatoms. The molecule has 0 saturated heterocycles. The molecule has 0 aliphatic carbocycles. The zero-order valence-corrected chi connectivity index (χ0v) is 17.4. The molecule has 0 saturated carbocycles.